The van der Waals surface area contributed by atoms with Crippen molar-refractivity contribution in [3.8, 4) is 0 Å². The highest BCUT2D eigenvalue weighted by molar-refractivity contribution is 5.94. The number of hydrogen-bond donors (Lipinski definition) is 2. The first-order valence-electron chi connectivity index (χ1n) is 23.1. The number of urea groups is 12. The van der Waals surface area contributed by atoms with Crippen LogP contribution in [0.2, 0.25) is 0 Å². The van der Waals surface area contributed by atoms with Crippen LogP contribution >= 0.6 is 0 Å². The van der Waals surface area contributed by atoms with Crippen LogP contribution in [-0.4, -0.2) is 328 Å². The normalized spacial score (nSPS) is 40.0. The van der Waals surface area contributed by atoms with E-state index in [1.165, 1.54) is 108 Å². The molecule has 2 N–H and O–H groups in total. The quantitative estimate of drug-likeness (QED) is 0.229. The number of hydrogen-bond acceptors (Lipinski definition) is 12. The molecule has 18 heterocycles. The monoisotopic (exact) mass is 984 g/mol. The van der Waals surface area contributed by atoms with E-state index in [2.05, 4.69) is 10.6 Å². The summed E-state index contributed by atoms with van der Waals surface area (Å²) < 4.78 is 0. The van der Waals surface area contributed by atoms with E-state index in [9.17, 15) is 28.8 Å². The maximum atomic E-state index is 15.1. The van der Waals surface area contributed by atoms with Gasteiger partial charge in [-0.3, -0.25) is 108 Å². The van der Waals surface area contributed by atoms with E-state index >= 15 is 28.8 Å². The molecule has 36 nitrogen and oxygen atoms in total. The summed E-state index contributed by atoms with van der Waals surface area (Å²) in [6, 6.07) is -8.08. The number of nitrogens with zero attached hydrogens (tertiary/aromatic N) is 22. The van der Waals surface area contributed by atoms with Gasteiger partial charge in [-0.1, -0.05) is 0 Å². The number of fused-ring (bicyclic) bond motifs is 4. The van der Waals surface area contributed by atoms with Gasteiger partial charge in [0.1, 0.15) is 85.7 Å². The van der Waals surface area contributed by atoms with Gasteiger partial charge in [-0.25, -0.2) is 57.5 Å². The predicted octanol–water partition coefficient (Wildman–Crippen LogP) is -6.06. The highest BCUT2D eigenvalue weighted by Crippen LogP contribution is 2.49. The zero-order valence-corrected chi connectivity index (χ0v) is 36.4. The first-order valence-corrected chi connectivity index (χ1v) is 23.1. The fraction of sp³-hybridized carbons (Fsp3) is 0.657. The highest BCUT2D eigenvalue weighted by atomic mass is 16.2. The SMILES string of the molecule is O=C1NC2C3N1CN1C(=O)N4CN5C(=O)N6CN7C(=O)N8CN9C(=O)N%10CN%11C(=O)NC%12C%11N%11CN%13C(=O)N(CN%14C(=O)N(CN%15C(=O)N(CN%16C(=O)N(CN3C(=O)N2CN%12C%11=O)C1C4%16)C5C6%15)C7C8%14)C9C%10%13. The summed E-state index contributed by atoms with van der Waals surface area (Å²) in [5.41, 5.74) is 0. The molecule has 0 aromatic carbocycles. The van der Waals surface area contributed by atoms with E-state index < -0.39 is 220 Å². The van der Waals surface area contributed by atoms with Crippen LogP contribution in [0.5, 0.6) is 0 Å². The molecule has 12 bridgehead atoms. The number of carbonyl (C=O) groups excluding carboxylic acids is 12. The molecule has 18 aliphatic rings. The molecule has 18 fully saturated rings. The van der Waals surface area contributed by atoms with Crippen molar-refractivity contribution >= 4 is 72.4 Å². The second-order valence-electron chi connectivity index (χ2n) is 20.6. The first kappa shape index (κ1) is 37.2. The molecule has 24 amide bonds. The minimum absolute atomic E-state index is 0.430. The van der Waals surface area contributed by atoms with E-state index in [1.807, 2.05) is 0 Å². The van der Waals surface area contributed by atoms with Crippen molar-refractivity contribution in [1.82, 2.24) is 118 Å². The topological polar surface area (TPSA) is 300 Å². The summed E-state index contributed by atoms with van der Waals surface area (Å²) in [6.07, 6.45) is -13.8. The molecule has 0 aliphatic carbocycles. The Morgan fingerprint density at radius 1 is 0.197 bits per heavy atom. The molecule has 0 radical (unpaired) electrons. The fourth-order valence-corrected chi connectivity index (χ4v) is 15.1. The molecule has 18 saturated heterocycles. The number of amides is 24. The Labute approximate surface area is 395 Å². The average molecular weight is 985 g/mol. The van der Waals surface area contributed by atoms with Crippen molar-refractivity contribution in [3.63, 3.8) is 0 Å². The van der Waals surface area contributed by atoms with E-state index in [0.29, 0.717) is 0 Å². The lowest BCUT2D eigenvalue weighted by Gasteiger charge is -2.42. The summed E-state index contributed by atoms with van der Waals surface area (Å²) in [5, 5.41) is 5.65. The zero-order chi connectivity index (χ0) is 47.8. The van der Waals surface area contributed by atoms with Crippen LogP contribution in [0, 0.1) is 0 Å². The molecule has 71 heavy (non-hydrogen) atoms. The van der Waals surface area contributed by atoms with Crippen molar-refractivity contribution in [3.05, 3.63) is 0 Å². The molecule has 368 valence electrons. The van der Waals surface area contributed by atoms with Gasteiger partial charge < -0.3 is 10.6 Å². The Hall–Kier alpha value is -8.76. The van der Waals surface area contributed by atoms with Gasteiger partial charge in [0.15, 0.2) is 61.7 Å². The van der Waals surface area contributed by atoms with Crippen LogP contribution in [-0.2, 0) is 0 Å². The predicted molar refractivity (Wildman–Crippen MR) is 210 cm³/mol. The Morgan fingerprint density at radius 2 is 0.338 bits per heavy atom. The molecule has 0 aromatic heterocycles. The van der Waals surface area contributed by atoms with Gasteiger partial charge in [-0.05, 0) is 0 Å². The molecule has 12 atom stereocenters. The standard InChI is InChI=1S/C35H36N24O12/c60-24-36-12-14-40(24)2-44-16-18-48(28(44)64)6-52-20-22-56(32(52)68)10-57-23-21-53(33(57)69)7-49-19-17-45(29(49)65)3-41-15-13(37-25(41)61)39-1-38(12)26(62)42(14)4-46(16)30(66)50(18)8-54(20)34(70)58(22)11-59(23)35(71)55(21)9-51(19)31(67)47(17)5-43(15)27(39)63/h12-23H,1-11H2,(H,36,60)(H,37,61). The summed E-state index contributed by atoms with van der Waals surface area (Å²) in [7, 11) is 0. The molecule has 0 spiro atoms. The summed E-state index contributed by atoms with van der Waals surface area (Å²) >= 11 is 0. The zero-order valence-electron chi connectivity index (χ0n) is 36.4. The third-order valence-electron chi connectivity index (χ3n) is 18.0. The summed E-state index contributed by atoms with van der Waals surface area (Å²) in [4.78, 5) is 207. The molecule has 18 aliphatic heterocycles. The van der Waals surface area contributed by atoms with Crippen molar-refractivity contribution in [2.75, 3.05) is 73.4 Å². The van der Waals surface area contributed by atoms with Crippen molar-refractivity contribution in [2.24, 2.45) is 0 Å². The van der Waals surface area contributed by atoms with Crippen molar-refractivity contribution in [2.45, 2.75) is 74.0 Å². The second kappa shape index (κ2) is 11.0. The van der Waals surface area contributed by atoms with Crippen LogP contribution in [0.15, 0.2) is 0 Å². The molecule has 0 aromatic rings. The van der Waals surface area contributed by atoms with Crippen LogP contribution in [0.1, 0.15) is 0 Å². The minimum Gasteiger partial charge on any atom is -0.314 e. The van der Waals surface area contributed by atoms with Gasteiger partial charge in [-0.15, -0.1) is 0 Å². The Balaban J connectivity index is 0.832. The number of carbonyl (C=O) groups is 12. The van der Waals surface area contributed by atoms with Gasteiger partial charge in [0.25, 0.3) is 0 Å². The second-order valence-corrected chi connectivity index (χ2v) is 20.6. The summed E-state index contributed by atoms with van der Waals surface area (Å²) in [6.45, 7) is -5.07. The largest absolute Gasteiger partial charge is 0.326 e. The van der Waals surface area contributed by atoms with E-state index in [-0.39, 0.29) is 0 Å². The molecule has 18 rings (SSSR count). The maximum Gasteiger partial charge on any atom is 0.326 e. The van der Waals surface area contributed by atoms with Crippen LogP contribution < -0.4 is 10.6 Å². The Kier molecular flexibility index (Phi) is 5.75. The molecular weight excluding hydrogens is 949 g/mol. The third-order valence-corrected chi connectivity index (χ3v) is 18.0. The van der Waals surface area contributed by atoms with Crippen LogP contribution in [0.3, 0.4) is 0 Å². The Bertz CT molecular complexity index is 2690. The van der Waals surface area contributed by atoms with Crippen LogP contribution in [0.25, 0.3) is 0 Å². The average Bonchev–Trinajstić information content (AvgIpc) is 4.23. The van der Waals surface area contributed by atoms with Crippen molar-refractivity contribution < 1.29 is 57.5 Å². The number of rotatable bonds is 0. The van der Waals surface area contributed by atoms with Gasteiger partial charge in [0.05, 0.1) is 0 Å². The smallest absolute Gasteiger partial charge is 0.314 e. The lowest BCUT2D eigenvalue weighted by molar-refractivity contribution is -0.0185. The lowest BCUT2D eigenvalue weighted by Crippen LogP contribution is -2.63. The van der Waals surface area contributed by atoms with Gasteiger partial charge in [0.2, 0.25) is 0 Å². The maximum absolute atomic E-state index is 15.1. The lowest BCUT2D eigenvalue weighted by atomic mass is 10.3. The van der Waals surface area contributed by atoms with E-state index in [0.717, 1.165) is 0 Å². The van der Waals surface area contributed by atoms with Gasteiger partial charge in [-0.2, -0.15) is 0 Å². The van der Waals surface area contributed by atoms with E-state index in [1.54, 1.807) is 0 Å². The molecule has 36 heteroatoms. The van der Waals surface area contributed by atoms with Gasteiger partial charge >= 0.3 is 72.4 Å². The first-order chi connectivity index (χ1) is 34.2. The molecule has 12 unspecified atom stereocenters. The van der Waals surface area contributed by atoms with E-state index in [4.69, 9.17) is 0 Å². The van der Waals surface area contributed by atoms with Crippen molar-refractivity contribution in [1.29, 1.82) is 0 Å². The minimum atomic E-state index is -1.17. The summed E-state index contributed by atoms with van der Waals surface area (Å²) in [5.74, 6) is 0. The Morgan fingerprint density at radius 3 is 0.535 bits per heavy atom. The fourth-order valence-electron chi connectivity index (χ4n) is 15.1. The molecule has 0 saturated carbocycles. The van der Waals surface area contributed by atoms with Gasteiger partial charge in [0, 0.05) is 0 Å². The molecular formula is C35H36N24O12. The third kappa shape index (κ3) is 3.63. The number of nitrogens with one attached hydrogen (secondary N) is 2. The highest BCUT2D eigenvalue weighted by Gasteiger charge is 2.74. The van der Waals surface area contributed by atoms with Crippen LogP contribution in [0.4, 0.5) is 57.5 Å².